The van der Waals surface area contributed by atoms with Gasteiger partial charge in [-0.3, -0.25) is 9.59 Å². The summed E-state index contributed by atoms with van der Waals surface area (Å²) in [6.45, 7) is 17.3. The van der Waals surface area contributed by atoms with E-state index in [1.54, 1.807) is 62.6 Å². The number of halogens is 1. The molecule has 2 aromatic carbocycles. The third kappa shape index (κ3) is 7.35. The number of nitrogens with zero attached hydrogens (tertiary/aromatic N) is 3. The van der Waals surface area contributed by atoms with Crippen LogP contribution in [0.25, 0.3) is 26.4 Å². The minimum atomic E-state index is -1.05. The van der Waals surface area contributed by atoms with Gasteiger partial charge in [0, 0.05) is 48.2 Å². The number of alkyl carbamates (subject to hydrolysis) is 1. The highest BCUT2D eigenvalue weighted by Gasteiger charge is 2.32. The van der Waals surface area contributed by atoms with Gasteiger partial charge in [0.25, 0.3) is 11.8 Å². The highest BCUT2D eigenvalue weighted by Crippen LogP contribution is 2.42. The highest BCUT2D eigenvalue weighted by atomic mass is 32.1. The number of β-amino-alcohol motifs (C(OH)–C–C–N with tert-alkyl or cyclic N) is 1. The Balaban J connectivity index is 1.47. The van der Waals surface area contributed by atoms with Gasteiger partial charge in [-0.15, -0.1) is 11.3 Å². The molecule has 0 bridgehead atoms. The first-order chi connectivity index (χ1) is 21.1. The first-order valence-corrected chi connectivity index (χ1v) is 15.7. The van der Waals surface area contributed by atoms with E-state index in [1.165, 1.54) is 23.5 Å². The summed E-state index contributed by atoms with van der Waals surface area (Å²) in [6.07, 6.45) is 0.902. The van der Waals surface area contributed by atoms with E-state index in [2.05, 4.69) is 10.2 Å². The van der Waals surface area contributed by atoms with Gasteiger partial charge in [0.05, 0.1) is 17.1 Å². The number of rotatable bonds is 6. The average Bonchev–Trinajstić information content (AvgIpc) is 3.52. The molecule has 2 aliphatic heterocycles. The van der Waals surface area contributed by atoms with Crippen LogP contribution < -0.4 is 5.32 Å². The molecule has 2 N–H and O–H groups in total. The Hall–Kier alpha value is -4.27. The first kappa shape index (κ1) is 32.1. The number of hydrogen-bond acceptors (Lipinski definition) is 6. The van der Waals surface area contributed by atoms with E-state index in [-0.39, 0.29) is 30.1 Å². The van der Waals surface area contributed by atoms with E-state index in [9.17, 15) is 23.9 Å². The van der Waals surface area contributed by atoms with E-state index in [1.807, 2.05) is 12.1 Å². The summed E-state index contributed by atoms with van der Waals surface area (Å²) in [7, 11) is 0. The van der Waals surface area contributed by atoms with Crippen molar-refractivity contribution in [2.24, 2.45) is 0 Å². The molecule has 45 heavy (non-hydrogen) atoms. The number of benzene rings is 2. The monoisotopic (exact) mass is 632 g/mol. The number of aliphatic hydroxyl groups is 1. The maximum atomic E-state index is 14.8. The van der Waals surface area contributed by atoms with Crippen molar-refractivity contribution < 1.29 is 28.6 Å². The standard InChI is InChI=1S/C34H37FN4O5S/c1-33(2,3)44-32(42)37-23-8-7-13-38(18-23)31(41)28-16-25(20-10-12-27(36-6)26(35)15-20)29(45-28)21-9-11-24-22(14-21)17-39(30(24)40)19-34(4,5)43/h9-12,14-16,23,43H,7-8,13,17-19H2,1-5H3,(H,37,42)/t23-/m1/s1. The molecule has 9 nitrogen and oxygen atoms in total. The lowest BCUT2D eigenvalue weighted by Gasteiger charge is -2.33. The second-order valence-electron chi connectivity index (χ2n) is 13.2. The van der Waals surface area contributed by atoms with Gasteiger partial charge in [-0.1, -0.05) is 18.2 Å². The summed E-state index contributed by atoms with van der Waals surface area (Å²) < 4.78 is 20.2. The van der Waals surface area contributed by atoms with Crippen LogP contribution in [-0.2, 0) is 11.3 Å². The van der Waals surface area contributed by atoms with Gasteiger partial charge in [0.2, 0.25) is 5.69 Å². The molecule has 0 radical (unpaired) electrons. The Labute approximate surface area is 266 Å². The van der Waals surface area contributed by atoms with Gasteiger partial charge in [-0.05, 0) is 88.4 Å². The van der Waals surface area contributed by atoms with Crippen LogP contribution >= 0.6 is 11.3 Å². The molecule has 0 aliphatic carbocycles. The fourth-order valence-corrected chi connectivity index (χ4v) is 6.86. The SMILES string of the molecule is [C-]#[N+]c1ccc(-c2cc(C(=O)N3CCC[C@@H](NC(=O)OC(C)(C)C)C3)sc2-c2ccc3c(c2)CN(CC(C)(C)O)C3=O)cc1F. The van der Waals surface area contributed by atoms with Crippen molar-refractivity contribution in [3.05, 3.63) is 75.7 Å². The smallest absolute Gasteiger partial charge is 0.407 e. The van der Waals surface area contributed by atoms with E-state index in [0.717, 1.165) is 22.4 Å². The molecule has 3 heterocycles. The van der Waals surface area contributed by atoms with Gasteiger partial charge >= 0.3 is 6.09 Å². The number of carbonyl (C=O) groups excluding carboxylic acids is 3. The number of carbonyl (C=O) groups is 3. The van der Waals surface area contributed by atoms with Crippen LogP contribution in [0.1, 0.15) is 73.1 Å². The van der Waals surface area contributed by atoms with Crippen LogP contribution in [0.2, 0.25) is 0 Å². The quantitative estimate of drug-likeness (QED) is 0.297. The summed E-state index contributed by atoms with van der Waals surface area (Å²) in [4.78, 5) is 47.0. The predicted octanol–water partition coefficient (Wildman–Crippen LogP) is 6.63. The predicted molar refractivity (Wildman–Crippen MR) is 171 cm³/mol. The van der Waals surface area contributed by atoms with E-state index in [0.29, 0.717) is 47.6 Å². The first-order valence-electron chi connectivity index (χ1n) is 14.9. The maximum Gasteiger partial charge on any atom is 0.407 e. The number of thiophene rings is 1. The lowest BCUT2D eigenvalue weighted by Crippen LogP contribution is -2.50. The molecule has 0 unspecified atom stereocenters. The second-order valence-corrected chi connectivity index (χ2v) is 14.3. The molecule has 3 aromatic rings. The summed E-state index contributed by atoms with van der Waals surface area (Å²) in [5.74, 6) is -1.01. The number of nitrogens with one attached hydrogen (secondary N) is 1. The minimum absolute atomic E-state index is 0.0911. The van der Waals surface area contributed by atoms with Crippen molar-refractivity contribution in [3.63, 3.8) is 0 Å². The number of fused-ring (bicyclic) bond motifs is 1. The van der Waals surface area contributed by atoms with Gasteiger partial charge in [-0.2, -0.15) is 0 Å². The van der Waals surface area contributed by atoms with Gasteiger partial charge in [-0.25, -0.2) is 14.0 Å². The Morgan fingerprint density at radius 2 is 1.84 bits per heavy atom. The van der Waals surface area contributed by atoms with Gasteiger partial charge < -0.3 is 25.0 Å². The molecular formula is C34H37FN4O5S. The molecule has 3 amide bonds. The molecule has 1 fully saturated rings. The summed E-state index contributed by atoms with van der Waals surface area (Å²) >= 11 is 1.28. The zero-order valence-corrected chi connectivity index (χ0v) is 26.9. The Morgan fingerprint density at radius 1 is 1.11 bits per heavy atom. The van der Waals surface area contributed by atoms with Crippen LogP contribution in [0.5, 0.6) is 0 Å². The largest absolute Gasteiger partial charge is 0.444 e. The van der Waals surface area contributed by atoms with Crippen molar-refractivity contribution in [2.45, 2.75) is 71.2 Å². The van der Waals surface area contributed by atoms with E-state index < -0.39 is 23.1 Å². The fourth-order valence-electron chi connectivity index (χ4n) is 5.72. The van der Waals surface area contributed by atoms with Crippen molar-refractivity contribution in [2.75, 3.05) is 19.6 Å². The lowest BCUT2D eigenvalue weighted by molar-refractivity contribution is 0.0314. The molecule has 1 saturated heterocycles. The number of piperidine rings is 1. The van der Waals surface area contributed by atoms with Crippen LogP contribution in [0.3, 0.4) is 0 Å². The third-order valence-electron chi connectivity index (χ3n) is 7.58. The highest BCUT2D eigenvalue weighted by molar-refractivity contribution is 7.18. The normalized spacial score (nSPS) is 16.8. The molecule has 236 valence electrons. The van der Waals surface area contributed by atoms with Gasteiger partial charge in [0.15, 0.2) is 0 Å². The van der Waals surface area contributed by atoms with Gasteiger partial charge in [0.1, 0.15) is 11.4 Å². The minimum Gasteiger partial charge on any atom is -0.444 e. The van der Waals surface area contributed by atoms with Crippen LogP contribution in [0.15, 0.2) is 42.5 Å². The number of likely N-dealkylation sites (tertiary alicyclic amines) is 1. The molecule has 0 spiro atoms. The molecule has 2 aliphatic rings. The van der Waals surface area contributed by atoms with Crippen LogP contribution in [-0.4, -0.2) is 69.7 Å². The van der Waals surface area contributed by atoms with Crippen LogP contribution in [0, 0.1) is 12.4 Å². The summed E-state index contributed by atoms with van der Waals surface area (Å²) in [5.41, 5.74) is 1.51. The third-order valence-corrected chi connectivity index (χ3v) is 8.75. The topological polar surface area (TPSA) is 104 Å². The van der Waals surface area contributed by atoms with Crippen molar-refractivity contribution in [1.29, 1.82) is 0 Å². The van der Waals surface area contributed by atoms with E-state index >= 15 is 0 Å². The molecular weight excluding hydrogens is 595 g/mol. The summed E-state index contributed by atoms with van der Waals surface area (Å²) in [5, 5.41) is 13.2. The number of amides is 3. The Kier molecular flexibility index (Phi) is 8.75. The fraction of sp³-hybridized carbons (Fsp3) is 0.412. The maximum absolute atomic E-state index is 14.8. The van der Waals surface area contributed by atoms with Crippen molar-refractivity contribution >= 4 is 34.9 Å². The van der Waals surface area contributed by atoms with Crippen molar-refractivity contribution in [3.8, 4) is 21.6 Å². The molecule has 0 saturated carbocycles. The van der Waals surface area contributed by atoms with Crippen molar-refractivity contribution in [1.82, 2.24) is 15.1 Å². The molecule has 11 heteroatoms. The summed E-state index contributed by atoms with van der Waals surface area (Å²) in [6, 6.07) is 11.4. The molecule has 5 rings (SSSR count). The second kappa shape index (κ2) is 12.3. The Morgan fingerprint density at radius 3 is 2.51 bits per heavy atom. The molecule has 1 atom stereocenters. The van der Waals surface area contributed by atoms with E-state index in [4.69, 9.17) is 11.3 Å². The average molecular weight is 633 g/mol. The molecule has 1 aromatic heterocycles. The zero-order chi connectivity index (χ0) is 32.7. The lowest BCUT2D eigenvalue weighted by atomic mass is 9.99. The number of ether oxygens (including phenoxy) is 1. The Bertz CT molecular complexity index is 1700. The van der Waals surface area contributed by atoms with Crippen LogP contribution in [0.4, 0.5) is 14.9 Å². The zero-order valence-electron chi connectivity index (χ0n) is 26.1. The number of hydrogen-bond donors (Lipinski definition) is 2.